The minimum atomic E-state index is -0.285. The summed E-state index contributed by atoms with van der Waals surface area (Å²) in [6, 6.07) is 5.57. The average Bonchev–Trinajstić information content (AvgIpc) is 2.59. The van der Waals surface area contributed by atoms with Crippen molar-refractivity contribution in [3.8, 4) is 0 Å². The number of aromatic nitrogens is 1. The van der Waals surface area contributed by atoms with Gasteiger partial charge in [-0.1, -0.05) is 25.3 Å². The number of nitrogens with zero attached hydrogens (tertiary/aromatic N) is 2. The van der Waals surface area contributed by atoms with E-state index in [1.165, 1.54) is 19.3 Å². The second-order valence-electron chi connectivity index (χ2n) is 4.74. The molecule has 2 heterocycles. The van der Waals surface area contributed by atoms with E-state index in [1.807, 2.05) is 18.2 Å². The van der Waals surface area contributed by atoms with Crippen molar-refractivity contribution in [2.24, 2.45) is 4.99 Å². The van der Waals surface area contributed by atoms with Crippen LogP contribution >= 0.6 is 0 Å². The first kappa shape index (κ1) is 13.7. The summed E-state index contributed by atoms with van der Waals surface area (Å²) in [5.41, 5.74) is 1.36. The van der Waals surface area contributed by atoms with Gasteiger partial charge in [-0.05, 0) is 31.4 Å². The highest BCUT2D eigenvalue weighted by atomic mass is 16.5. The molecule has 4 nitrogen and oxygen atoms in total. The summed E-state index contributed by atoms with van der Waals surface area (Å²) in [5, 5.41) is 0. The van der Waals surface area contributed by atoms with Gasteiger partial charge in [-0.25, -0.2) is 4.79 Å². The summed E-state index contributed by atoms with van der Waals surface area (Å²) in [6.07, 6.45) is 8.15. The zero-order valence-electron chi connectivity index (χ0n) is 11.2. The van der Waals surface area contributed by atoms with Crippen molar-refractivity contribution in [3.63, 3.8) is 0 Å². The van der Waals surface area contributed by atoms with Crippen molar-refractivity contribution >= 4 is 11.7 Å². The predicted octanol–water partition coefficient (Wildman–Crippen LogP) is 2.92. The minimum Gasteiger partial charge on any atom is -0.455 e. The maximum atomic E-state index is 12.0. The molecule has 2 rings (SSSR count). The first-order valence-electron chi connectivity index (χ1n) is 6.96. The molecule has 0 saturated carbocycles. The number of rotatable bonds is 3. The van der Waals surface area contributed by atoms with Gasteiger partial charge < -0.3 is 4.74 Å². The Kier molecular flexibility index (Phi) is 5.53. The lowest BCUT2D eigenvalue weighted by molar-refractivity contribution is -0.137. The fourth-order valence-corrected chi connectivity index (χ4v) is 2.10. The Balaban J connectivity index is 1.87. The molecule has 0 aromatic carbocycles. The number of ether oxygens (including phenoxy) is 1. The lowest BCUT2D eigenvalue weighted by atomic mass is 10.1. The molecule has 1 aromatic rings. The van der Waals surface area contributed by atoms with Gasteiger partial charge in [-0.2, -0.15) is 0 Å². The average molecular weight is 260 g/mol. The SMILES string of the molecule is O=C(OCc1ccccn1)C1=NCCCCCCC1. The van der Waals surface area contributed by atoms with Gasteiger partial charge in [0.25, 0.3) is 0 Å². The van der Waals surface area contributed by atoms with Gasteiger partial charge in [0, 0.05) is 12.7 Å². The maximum absolute atomic E-state index is 12.0. The van der Waals surface area contributed by atoms with Crippen molar-refractivity contribution in [2.45, 2.75) is 45.1 Å². The van der Waals surface area contributed by atoms with Crippen molar-refractivity contribution in [1.29, 1.82) is 0 Å². The molecule has 0 aliphatic carbocycles. The fourth-order valence-electron chi connectivity index (χ4n) is 2.10. The third-order valence-corrected chi connectivity index (χ3v) is 3.19. The van der Waals surface area contributed by atoms with Gasteiger partial charge in [-0.15, -0.1) is 0 Å². The number of hydrogen-bond donors (Lipinski definition) is 0. The summed E-state index contributed by atoms with van der Waals surface area (Å²) in [5.74, 6) is -0.285. The van der Waals surface area contributed by atoms with Gasteiger partial charge >= 0.3 is 5.97 Å². The van der Waals surface area contributed by atoms with Crippen LogP contribution in [0, 0.1) is 0 Å². The lowest BCUT2D eigenvalue weighted by Crippen LogP contribution is -2.18. The predicted molar refractivity (Wildman–Crippen MR) is 74.0 cm³/mol. The third kappa shape index (κ3) is 4.81. The molecular formula is C15H20N2O2. The van der Waals surface area contributed by atoms with Crippen molar-refractivity contribution in [1.82, 2.24) is 4.98 Å². The molecule has 0 radical (unpaired) electrons. The maximum Gasteiger partial charge on any atom is 0.352 e. The van der Waals surface area contributed by atoms with E-state index >= 15 is 0 Å². The van der Waals surface area contributed by atoms with Crippen LogP contribution in [-0.4, -0.2) is 23.2 Å². The number of carbonyl (C=O) groups excluding carboxylic acids is 1. The molecule has 4 heteroatoms. The summed E-state index contributed by atoms with van der Waals surface area (Å²) >= 11 is 0. The molecule has 0 N–H and O–H groups in total. The summed E-state index contributed by atoms with van der Waals surface area (Å²) in [6.45, 7) is 0.965. The molecule has 0 bridgehead atoms. The minimum absolute atomic E-state index is 0.221. The van der Waals surface area contributed by atoms with E-state index in [4.69, 9.17) is 4.74 Å². The van der Waals surface area contributed by atoms with Crippen LogP contribution in [0.2, 0.25) is 0 Å². The molecule has 102 valence electrons. The van der Waals surface area contributed by atoms with Crippen LogP contribution < -0.4 is 0 Å². The van der Waals surface area contributed by atoms with Crippen LogP contribution in [0.15, 0.2) is 29.4 Å². The van der Waals surface area contributed by atoms with Crippen LogP contribution in [0.25, 0.3) is 0 Å². The molecule has 0 spiro atoms. The third-order valence-electron chi connectivity index (χ3n) is 3.19. The topological polar surface area (TPSA) is 51.5 Å². The standard InChI is InChI=1S/C15H20N2O2/c18-15(19-12-13-8-5-7-10-16-13)14-9-4-2-1-3-6-11-17-14/h5,7-8,10H,1-4,6,9,11-12H2. The summed E-state index contributed by atoms with van der Waals surface area (Å²) in [7, 11) is 0. The number of hydrogen-bond acceptors (Lipinski definition) is 4. The number of aliphatic imine (C=N–C) groups is 1. The van der Waals surface area contributed by atoms with E-state index in [9.17, 15) is 4.79 Å². The van der Waals surface area contributed by atoms with Gasteiger partial charge in [0.15, 0.2) is 0 Å². The van der Waals surface area contributed by atoms with E-state index in [1.54, 1.807) is 6.20 Å². The fraction of sp³-hybridized carbons (Fsp3) is 0.533. The van der Waals surface area contributed by atoms with Crippen LogP contribution in [-0.2, 0) is 16.1 Å². The van der Waals surface area contributed by atoms with Crippen LogP contribution in [0.3, 0.4) is 0 Å². The van der Waals surface area contributed by atoms with Crippen molar-refractivity contribution in [2.75, 3.05) is 6.54 Å². The zero-order chi connectivity index (χ0) is 13.3. The second-order valence-corrected chi connectivity index (χ2v) is 4.74. The van der Waals surface area contributed by atoms with Gasteiger partial charge in [-0.3, -0.25) is 9.98 Å². The van der Waals surface area contributed by atoms with Crippen LogP contribution in [0.4, 0.5) is 0 Å². The van der Waals surface area contributed by atoms with Crippen molar-refractivity contribution in [3.05, 3.63) is 30.1 Å². The molecule has 0 saturated heterocycles. The van der Waals surface area contributed by atoms with Crippen LogP contribution in [0.5, 0.6) is 0 Å². The molecule has 0 amide bonds. The Morgan fingerprint density at radius 3 is 2.84 bits per heavy atom. The molecular weight excluding hydrogens is 240 g/mol. The second kappa shape index (κ2) is 7.67. The molecule has 0 unspecified atom stereocenters. The Bertz CT molecular complexity index is 429. The Labute approximate surface area is 113 Å². The quantitative estimate of drug-likeness (QED) is 0.785. The van der Waals surface area contributed by atoms with Crippen LogP contribution in [0.1, 0.15) is 44.2 Å². The highest BCUT2D eigenvalue weighted by molar-refractivity contribution is 6.36. The van der Waals surface area contributed by atoms with Gasteiger partial charge in [0.1, 0.15) is 12.3 Å². The molecule has 1 aliphatic rings. The normalized spacial score (nSPS) is 16.7. The van der Waals surface area contributed by atoms with Gasteiger partial charge in [0.05, 0.1) is 5.69 Å². The first-order valence-corrected chi connectivity index (χ1v) is 6.96. The van der Waals surface area contributed by atoms with E-state index < -0.39 is 0 Å². The smallest absolute Gasteiger partial charge is 0.352 e. The van der Waals surface area contributed by atoms with E-state index in [-0.39, 0.29) is 12.6 Å². The Morgan fingerprint density at radius 2 is 2.00 bits per heavy atom. The molecule has 0 fully saturated rings. The highest BCUT2D eigenvalue weighted by Crippen LogP contribution is 2.11. The Hall–Kier alpha value is -1.71. The number of carbonyl (C=O) groups is 1. The zero-order valence-corrected chi connectivity index (χ0v) is 11.2. The van der Waals surface area contributed by atoms with Crippen molar-refractivity contribution < 1.29 is 9.53 Å². The largest absolute Gasteiger partial charge is 0.455 e. The lowest BCUT2D eigenvalue weighted by Gasteiger charge is -2.06. The highest BCUT2D eigenvalue weighted by Gasteiger charge is 2.14. The Morgan fingerprint density at radius 1 is 1.16 bits per heavy atom. The summed E-state index contributed by atoms with van der Waals surface area (Å²) < 4.78 is 5.27. The van der Waals surface area contributed by atoms with E-state index in [0.717, 1.165) is 31.5 Å². The molecule has 1 aromatic heterocycles. The monoisotopic (exact) mass is 260 g/mol. The van der Waals surface area contributed by atoms with E-state index in [0.29, 0.717) is 5.71 Å². The molecule has 1 aliphatic heterocycles. The van der Waals surface area contributed by atoms with Gasteiger partial charge in [0.2, 0.25) is 0 Å². The molecule has 0 atom stereocenters. The number of esters is 1. The molecule has 19 heavy (non-hydrogen) atoms. The number of pyridine rings is 1. The summed E-state index contributed by atoms with van der Waals surface area (Å²) in [4.78, 5) is 20.5. The first-order chi connectivity index (χ1) is 9.36. The van der Waals surface area contributed by atoms with E-state index in [2.05, 4.69) is 9.98 Å².